The third kappa shape index (κ3) is 6.08. The highest BCUT2D eigenvalue weighted by molar-refractivity contribution is 7.92. The molecule has 1 N–H and O–H groups in total. The highest BCUT2D eigenvalue weighted by Gasteiger charge is 2.23. The summed E-state index contributed by atoms with van der Waals surface area (Å²) in [5.74, 6) is 0.350. The monoisotopic (exact) mass is 463 g/mol. The van der Waals surface area contributed by atoms with Crippen molar-refractivity contribution in [3.8, 4) is 5.75 Å². The highest BCUT2D eigenvalue weighted by atomic mass is 32.2. The summed E-state index contributed by atoms with van der Waals surface area (Å²) in [6, 6.07) is 21.7. The molecule has 3 aromatic carbocycles. The molecule has 0 fully saturated rings. The molecule has 0 atom stereocenters. The maximum atomic E-state index is 13.0. The molecule has 170 valence electrons. The van der Waals surface area contributed by atoms with Gasteiger partial charge in [0, 0.05) is 5.56 Å². The first-order valence-electron chi connectivity index (χ1n) is 10.3. The quantitative estimate of drug-likeness (QED) is 0.277. The van der Waals surface area contributed by atoms with Gasteiger partial charge in [0.05, 0.1) is 29.9 Å². The van der Waals surface area contributed by atoms with Crippen LogP contribution in [0, 0.1) is 0 Å². The second kappa shape index (κ2) is 11.1. The Labute approximate surface area is 194 Å². The van der Waals surface area contributed by atoms with Gasteiger partial charge in [-0.3, -0.25) is 9.10 Å². The Balaban J connectivity index is 1.70. The number of benzene rings is 3. The van der Waals surface area contributed by atoms with Gasteiger partial charge in [0.2, 0.25) is 0 Å². The second-order valence-corrected chi connectivity index (χ2v) is 8.75. The zero-order chi connectivity index (χ0) is 23.7. The molecule has 0 unspecified atom stereocenters. The minimum Gasteiger partial charge on any atom is -0.494 e. The lowest BCUT2D eigenvalue weighted by molar-refractivity contribution is 0.0955. The average Bonchev–Trinajstić information content (AvgIpc) is 2.84. The number of nitrogens with one attached hydrogen (secondary N) is 1. The number of hydrogen-bond donors (Lipinski definition) is 1. The van der Waals surface area contributed by atoms with E-state index in [2.05, 4.69) is 17.1 Å². The zero-order valence-corrected chi connectivity index (χ0v) is 19.0. The third-order valence-corrected chi connectivity index (χ3v) is 6.42. The van der Waals surface area contributed by atoms with Crippen LogP contribution in [-0.4, -0.2) is 33.7 Å². The number of carbonyl (C=O) groups is 1. The average molecular weight is 464 g/mol. The first-order chi connectivity index (χ1) is 16.0. The largest absolute Gasteiger partial charge is 0.494 e. The molecule has 0 saturated carbocycles. The minimum absolute atomic E-state index is 0.0924. The lowest BCUT2D eigenvalue weighted by Crippen LogP contribution is -2.31. The Bertz CT molecular complexity index is 1210. The Morgan fingerprint density at radius 1 is 1.03 bits per heavy atom. The van der Waals surface area contributed by atoms with Crippen LogP contribution in [0.5, 0.6) is 5.75 Å². The van der Waals surface area contributed by atoms with E-state index in [0.29, 0.717) is 17.9 Å². The van der Waals surface area contributed by atoms with Gasteiger partial charge >= 0.3 is 0 Å². The molecule has 0 aliphatic rings. The molecule has 0 saturated heterocycles. The van der Waals surface area contributed by atoms with Crippen LogP contribution in [0.3, 0.4) is 0 Å². The van der Waals surface area contributed by atoms with Crippen LogP contribution in [0.4, 0.5) is 5.69 Å². The molecule has 8 heteroatoms. The summed E-state index contributed by atoms with van der Waals surface area (Å²) in [4.78, 5) is 12.6. The lowest BCUT2D eigenvalue weighted by atomic mass is 10.2. The minimum atomic E-state index is -3.77. The highest BCUT2D eigenvalue weighted by Crippen LogP contribution is 2.24. The van der Waals surface area contributed by atoms with Gasteiger partial charge in [-0.25, -0.2) is 13.8 Å². The van der Waals surface area contributed by atoms with Crippen molar-refractivity contribution in [2.45, 2.75) is 11.8 Å². The van der Waals surface area contributed by atoms with Gasteiger partial charge in [0.1, 0.15) is 5.75 Å². The smallest absolute Gasteiger partial charge is 0.271 e. The number of hydrogen-bond acceptors (Lipinski definition) is 5. The van der Waals surface area contributed by atoms with Crippen LogP contribution in [0.25, 0.3) is 0 Å². The van der Waals surface area contributed by atoms with E-state index in [1.54, 1.807) is 42.5 Å². The van der Waals surface area contributed by atoms with Crippen molar-refractivity contribution >= 4 is 27.8 Å². The van der Waals surface area contributed by atoms with Crippen LogP contribution in [0.1, 0.15) is 22.8 Å². The standard InChI is InChI=1S/C25H25N3O4S/c1-3-18-28(33(30,31)24-8-6-5-7-9-24)22-14-12-21(13-15-22)25(29)27-26-19-20-10-16-23(17-11-20)32-4-2/h3,5-17,19H,1,4,18H2,2H3,(H,27,29)/b26-19-. The molecule has 33 heavy (non-hydrogen) atoms. The molecule has 0 radical (unpaired) electrons. The summed E-state index contributed by atoms with van der Waals surface area (Å²) in [5.41, 5.74) is 4.04. The number of amides is 1. The van der Waals surface area contributed by atoms with Crippen molar-refractivity contribution in [2.24, 2.45) is 5.10 Å². The van der Waals surface area contributed by atoms with Crippen LogP contribution >= 0.6 is 0 Å². The summed E-state index contributed by atoms with van der Waals surface area (Å²) >= 11 is 0. The Hall–Kier alpha value is -3.91. The fraction of sp³-hybridized carbons (Fsp3) is 0.120. The van der Waals surface area contributed by atoms with Crippen LogP contribution in [-0.2, 0) is 10.0 Å². The number of ether oxygens (including phenoxy) is 1. The van der Waals surface area contributed by atoms with Crippen LogP contribution in [0.15, 0.2) is 102 Å². The molecule has 3 aromatic rings. The Kier molecular flexibility index (Phi) is 7.99. The van der Waals surface area contributed by atoms with Crippen molar-refractivity contribution in [3.05, 3.63) is 103 Å². The van der Waals surface area contributed by atoms with Crippen molar-refractivity contribution in [1.82, 2.24) is 5.43 Å². The molecular weight excluding hydrogens is 438 g/mol. The van der Waals surface area contributed by atoms with E-state index < -0.39 is 15.9 Å². The molecule has 0 bridgehead atoms. The van der Waals surface area contributed by atoms with Gasteiger partial charge in [-0.1, -0.05) is 24.3 Å². The van der Waals surface area contributed by atoms with Gasteiger partial charge in [0.25, 0.3) is 15.9 Å². The number of anilines is 1. The maximum Gasteiger partial charge on any atom is 0.271 e. The van der Waals surface area contributed by atoms with E-state index in [9.17, 15) is 13.2 Å². The Morgan fingerprint density at radius 2 is 1.70 bits per heavy atom. The summed E-state index contributed by atoms with van der Waals surface area (Å²) < 4.78 is 32.7. The van der Waals surface area contributed by atoms with E-state index in [1.165, 1.54) is 28.7 Å². The summed E-state index contributed by atoms with van der Waals surface area (Å²) in [7, 11) is -3.77. The summed E-state index contributed by atoms with van der Waals surface area (Å²) in [5, 5.41) is 3.97. The molecular formula is C25H25N3O4S. The first-order valence-corrected chi connectivity index (χ1v) is 11.7. The topological polar surface area (TPSA) is 88.1 Å². The van der Waals surface area contributed by atoms with Crippen molar-refractivity contribution < 1.29 is 17.9 Å². The van der Waals surface area contributed by atoms with Gasteiger partial charge in [-0.05, 0) is 73.2 Å². The molecule has 1 amide bonds. The second-order valence-electron chi connectivity index (χ2n) is 6.89. The van der Waals surface area contributed by atoms with Crippen molar-refractivity contribution in [1.29, 1.82) is 0 Å². The number of sulfonamides is 1. The zero-order valence-electron chi connectivity index (χ0n) is 18.2. The van der Waals surface area contributed by atoms with Gasteiger partial charge in [-0.15, -0.1) is 6.58 Å². The summed E-state index contributed by atoms with van der Waals surface area (Å²) in [6.07, 6.45) is 3.04. The third-order valence-electron chi connectivity index (χ3n) is 4.61. The molecule has 0 spiro atoms. The SMILES string of the molecule is C=CCN(c1ccc(C(=O)N/N=C\c2ccc(OCC)cc2)cc1)S(=O)(=O)c1ccccc1. The van der Waals surface area contributed by atoms with E-state index >= 15 is 0 Å². The number of carbonyl (C=O) groups excluding carboxylic acids is 1. The summed E-state index contributed by atoms with van der Waals surface area (Å²) in [6.45, 7) is 6.25. The van der Waals surface area contributed by atoms with Crippen molar-refractivity contribution in [3.63, 3.8) is 0 Å². The number of rotatable bonds is 10. The number of nitrogens with zero attached hydrogens (tertiary/aromatic N) is 2. The van der Waals surface area contributed by atoms with Crippen molar-refractivity contribution in [2.75, 3.05) is 17.5 Å². The predicted octanol–water partition coefficient (Wildman–Crippen LogP) is 4.23. The van der Waals surface area contributed by atoms with Gasteiger partial charge in [-0.2, -0.15) is 5.10 Å². The normalized spacial score (nSPS) is 11.2. The fourth-order valence-corrected chi connectivity index (χ4v) is 4.46. The fourth-order valence-electron chi connectivity index (χ4n) is 3.01. The van der Waals surface area contributed by atoms with Gasteiger partial charge < -0.3 is 4.74 Å². The van der Waals surface area contributed by atoms with Crippen LogP contribution in [0.2, 0.25) is 0 Å². The Morgan fingerprint density at radius 3 is 2.30 bits per heavy atom. The van der Waals surface area contributed by atoms with E-state index in [4.69, 9.17) is 4.74 Å². The number of hydrazone groups is 1. The molecule has 7 nitrogen and oxygen atoms in total. The predicted molar refractivity (Wildman–Crippen MR) is 130 cm³/mol. The molecule has 0 aliphatic heterocycles. The molecule has 0 aromatic heterocycles. The maximum absolute atomic E-state index is 13.0. The van der Waals surface area contributed by atoms with Crippen LogP contribution < -0.4 is 14.5 Å². The first kappa shape index (κ1) is 23.7. The molecule has 0 aliphatic carbocycles. The molecule has 0 heterocycles. The van der Waals surface area contributed by atoms with Gasteiger partial charge in [0.15, 0.2) is 0 Å². The van der Waals surface area contributed by atoms with E-state index in [0.717, 1.165) is 11.3 Å². The lowest BCUT2D eigenvalue weighted by Gasteiger charge is -2.23. The van der Waals surface area contributed by atoms with E-state index in [1.807, 2.05) is 31.2 Å². The molecule has 3 rings (SSSR count). The van der Waals surface area contributed by atoms with E-state index in [-0.39, 0.29) is 11.4 Å².